The molecule has 2 aromatic carbocycles. The molecule has 0 radical (unpaired) electrons. The lowest BCUT2D eigenvalue weighted by molar-refractivity contribution is -0.126. The van der Waals surface area contributed by atoms with E-state index in [-0.39, 0.29) is 30.5 Å². The SMILES string of the molecule is CCCCc1ccc(N2CC(C(=O)NCCCS(=O)(=O)c3ccccc3)CC2=O)cc1. The molecule has 0 saturated carbocycles. The Kier molecular flexibility index (Phi) is 7.85. The van der Waals surface area contributed by atoms with Crippen LogP contribution in [0.5, 0.6) is 0 Å². The smallest absolute Gasteiger partial charge is 0.227 e. The Hall–Kier alpha value is -2.67. The van der Waals surface area contributed by atoms with Gasteiger partial charge in [-0.3, -0.25) is 9.59 Å². The van der Waals surface area contributed by atoms with Gasteiger partial charge in [-0.05, 0) is 49.1 Å². The molecule has 3 rings (SSSR count). The van der Waals surface area contributed by atoms with E-state index in [2.05, 4.69) is 12.2 Å². The van der Waals surface area contributed by atoms with Crippen LogP contribution in [0, 0.1) is 5.92 Å². The summed E-state index contributed by atoms with van der Waals surface area (Å²) >= 11 is 0. The summed E-state index contributed by atoms with van der Waals surface area (Å²) in [6.45, 7) is 2.77. The van der Waals surface area contributed by atoms with Crippen molar-refractivity contribution in [3.05, 3.63) is 60.2 Å². The first-order valence-corrected chi connectivity index (χ1v) is 12.5. The number of carbonyl (C=O) groups excluding carboxylic acids is 2. The number of unbranched alkanes of at least 4 members (excludes halogenated alkanes) is 1. The minimum atomic E-state index is -3.35. The van der Waals surface area contributed by atoms with Gasteiger partial charge in [-0.15, -0.1) is 0 Å². The highest BCUT2D eigenvalue weighted by molar-refractivity contribution is 7.91. The molecule has 0 bridgehead atoms. The quantitative estimate of drug-likeness (QED) is 0.572. The molecule has 2 amide bonds. The van der Waals surface area contributed by atoms with E-state index in [1.807, 2.05) is 24.3 Å². The van der Waals surface area contributed by atoms with Crippen molar-refractivity contribution in [3.63, 3.8) is 0 Å². The number of sulfone groups is 1. The maximum absolute atomic E-state index is 12.5. The molecule has 2 aromatic rings. The average molecular weight is 443 g/mol. The molecular weight excluding hydrogens is 412 g/mol. The summed E-state index contributed by atoms with van der Waals surface area (Å²) in [4.78, 5) is 26.9. The Morgan fingerprint density at radius 1 is 1.06 bits per heavy atom. The predicted molar refractivity (Wildman–Crippen MR) is 122 cm³/mol. The summed E-state index contributed by atoms with van der Waals surface area (Å²) < 4.78 is 24.6. The van der Waals surface area contributed by atoms with Crippen molar-refractivity contribution in [3.8, 4) is 0 Å². The van der Waals surface area contributed by atoms with Crippen LogP contribution in [0.4, 0.5) is 5.69 Å². The molecular formula is C24H30N2O4S. The van der Waals surface area contributed by atoms with Crippen LogP contribution in [-0.4, -0.2) is 39.1 Å². The molecule has 1 aliphatic heterocycles. The van der Waals surface area contributed by atoms with Gasteiger partial charge in [-0.25, -0.2) is 8.42 Å². The third kappa shape index (κ3) is 6.17. The maximum Gasteiger partial charge on any atom is 0.227 e. The minimum Gasteiger partial charge on any atom is -0.356 e. The minimum absolute atomic E-state index is 0.0304. The summed E-state index contributed by atoms with van der Waals surface area (Å²) in [5, 5.41) is 2.79. The van der Waals surface area contributed by atoms with Crippen LogP contribution < -0.4 is 10.2 Å². The van der Waals surface area contributed by atoms with E-state index in [1.54, 1.807) is 35.2 Å². The van der Waals surface area contributed by atoms with Gasteiger partial charge in [0.05, 0.1) is 16.6 Å². The van der Waals surface area contributed by atoms with Gasteiger partial charge in [0.2, 0.25) is 11.8 Å². The van der Waals surface area contributed by atoms with Crippen molar-refractivity contribution in [2.24, 2.45) is 5.92 Å². The fourth-order valence-corrected chi connectivity index (χ4v) is 5.05. The second-order valence-corrected chi connectivity index (χ2v) is 10.1. The first-order chi connectivity index (χ1) is 14.9. The van der Waals surface area contributed by atoms with Crippen molar-refractivity contribution in [1.82, 2.24) is 5.32 Å². The van der Waals surface area contributed by atoms with E-state index < -0.39 is 15.8 Å². The van der Waals surface area contributed by atoms with Crippen molar-refractivity contribution >= 4 is 27.3 Å². The molecule has 7 heteroatoms. The van der Waals surface area contributed by atoms with E-state index in [1.165, 1.54) is 5.56 Å². The third-order valence-corrected chi connectivity index (χ3v) is 7.37. The lowest BCUT2D eigenvalue weighted by atomic mass is 10.1. The zero-order chi connectivity index (χ0) is 22.3. The van der Waals surface area contributed by atoms with E-state index in [4.69, 9.17) is 0 Å². The fourth-order valence-electron chi connectivity index (χ4n) is 3.72. The van der Waals surface area contributed by atoms with Crippen molar-refractivity contribution < 1.29 is 18.0 Å². The Labute approximate surface area is 184 Å². The number of rotatable bonds is 10. The molecule has 1 N–H and O–H groups in total. The van der Waals surface area contributed by atoms with Gasteiger partial charge in [-0.1, -0.05) is 43.7 Å². The molecule has 0 spiro atoms. The second-order valence-electron chi connectivity index (χ2n) is 7.95. The van der Waals surface area contributed by atoms with Crippen molar-refractivity contribution in [1.29, 1.82) is 0 Å². The summed E-state index contributed by atoms with van der Waals surface area (Å²) in [6, 6.07) is 16.3. The molecule has 1 atom stereocenters. The molecule has 1 saturated heterocycles. The number of anilines is 1. The Morgan fingerprint density at radius 3 is 2.45 bits per heavy atom. The van der Waals surface area contributed by atoms with Gasteiger partial charge >= 0.3 is 0 Å². The summed E-state index contributed by atoms with van der Waals surface area (Å²) in [6.07, 6.45) is 3.80. The number of benzene rings is 2. The van der Waals surface area contributed by atoms with E-state index in [0.29, 0.717) is 17.9 Å². The Bertz CT molecular complexity index is 988. The standard InChI is InChI=1S/C24H30N2O4S/c1-2-3-8-19-11-13-21(14-12-19)26-18-20(17-23(26)27)24(28)25-15-7-16-31(29,30)22-9-5-4-6-10-22/h4-6,9-14,20H,2-3,7-8,15-18H2,1H3,(H,25,28). The Morgan fingerprint density at radius 2 is 1.77 bits per heavy atom. The van der Waals surface area contributed by atoms with Gasteiger partial charge in [0.15, 0.2) is 9.84 Å². The highest BCUT2D eigenvalue weighted by Crippen LogP contribution is 2.26. The van der Waals surface area contributed by atoms with Crippen LogP contribution in [0.15, 0.2) is 59.5 Å². The topological polar surface area (TPSA) is 83.6 Å². The summed E-state index contributed by atoms with van der Waals surface area (Å²) in [5.41, 5.74) is 2.06. The summed E-state index contributed by atoms with van der Waals surface area (Å²) in [5.74, 6) is -0.712. The second kappa shape index (κ2) is 10.6. The van der Waals surface area contributed by atoms with E-state index in [9.17, 15) is 18.0 Å². The zero-order valence-electron chi connectivity index (χ0n) is 17.9. The van der Waals surface area contributed by atoms with Gasteiger partial charge in [0.1, 0.15) is 0 Å². The molecule has 31 heavy (non-hydrogen) atoms. The molecule has 1 heterocycles. The normalized spacial score (nSPS) is 16.5. The molecule has 1 fully saturated rings. The molecule has 166 valence electrons. The van der Waals surface area contributed by atoms with Crippen molar-refractivity contribution in [2.75, 3.05) is 23.7 Å². The van der Waals surface area contributed by atoms with Crippen LogP contribution >= 0.6 is 0 Å². The van der Waals surface area contributed by atoms with Crippen LogP contribution in [-0.2, 0) is 25.8 Å². The lowest BCUT2D eigenvalue weighted by Crippen LogP contribution is -2.34. The number of carbonyl (C=O) groups is 2. The van der Waals surface area contributed by atoms with E-state index in [0.717, 1.165) is 24.9 Å². The fraction of sp³-hybridized carbons (Fsp3) is 0.417. The van der Waals surface area contributed by atoms with Crippen LogP contribution in [0.2, 0.25) is 0 Å². The predicted octanol–water partition coefficient (Wildman–Crippen LogP) is 3.36. The highest BCUT2D eigenvalue weighted by atomic mass is 32.2. The van der Waals surface area contributed by atoms with Gasteiger partial charge in [0.25, 0.3) is 0 Å². The van der Waals surface area contributed by atoms with Crippen LogP contribution in [0.3, 0.4) is 0 Å². The number of hydrogen-bond donors (Lipinski definition) is 1. The van der Waals surface area contributed by atoms with E-state index >= 15 is 0 Å². The third-order valence-electron chi connectivity index (χ3n) is 5.55. The van der Waals surface area contributed by atoms with Gasteiger partial charge < -0.3 is 10.2 Å². The van der Waals surface area contributed by atoms with Gasteiger partial charge in [0, 0.05) is 25.2 Å². The monoisotopic (exact) mass is 442 g/mol. The first-order valence-electron chi connectivity index (χ1n) is 10.9. The highest BCUT2D eigenvalue weighted by Gasteiger charge is 2.34. The number of amides is 2. The van der Waals surface area contributed by atoms with Crippen LogP contribution in [0.25, 0.3) is 0 Å². The molecule has 0 aromatic heterocycles. The Balaban J connectivity index is 1.47. The number of nitrogens with one attached hydrogen (secondary N) is 1. The maximum atomic E-state index is 12.5. The number of aryl methyl sites for hydroxylation is 1. The molecule has 6 nitrogen and oxygen atoms in total. The molecule has 0 aliphatic carbocycles. The molecule has 1 unspecified atom stereocenters. The summed E-state index contributed by atoms with van der Waals surface area (Å²) in [7, 11) is -3.35. The number of nitrogens with zero attached hydrogens (tertiary/aromatic N) is 1. The van der Waals surface area contributed by atoms with Crippen molar-refractivity contribution in [2.45, 2.75) is 43.9 Å². The van der Waals surface area contributed by atoms with Crippen LogP contribution in [0.1, 0.15) is 38.2 Å². The van der Waals surface area contributed by atoms with Gasteiger partial charge in [-0.2, -0.15) is 0 Å². The zero-order valence-corrected chi connectivity index (χ0v) is 18.7. The molecule has 1 aliphatic rings. The number of hydrogen-bond acceptors (Lipinski definition) is 4. The first kappa shape index (κ1) is 23.0. The lowest BCUT2D eigenvalue weighted by Gasteiger charge is -2.17. The largest absolute Gasteiger partial charge is 0.356 e. The average Bonchev–Trinajstić information content (AvgIpc) is 3.18.